The minimum Gasteiger partial charge on any atom is -0.493 e. The summed E-state index contributed by atoms with van der Waals surface area (Å²) < 4.78 is 16.5. The molecule has 0 saturated heterocycles. The molecule has 0 fully saturated rings. The first-order chi connectivity index (χ1) is 14.5. The van der Waals surface area contributed by atoms with Crippen molar-refractivity contribution >= 4 is 12.3 Å². The molecule has 0 bridgehead atoms. The first-order valence-electron chi connectivity index (χ1n) is 11.2. The van der Waals surface area contributed by atoms with E-state index in [9.17, 15) is 9.59 Å². The van der Waals surface area contributed by atoms with Gasteiger partial charge in [0.1, 0.15) is 11.4 Å². The lowest BCUT2D eigenvalue weighted by Gasteiger charge is -2.31. The molecule has 1 aromatic carbocycles. The average Bonchev–Trinajstić information content (AvgIpc) is 2.69. The number of carbonyl (C=O) groups is 2. The molecule has 0 amide bonds. The quantitative estimate of drug-likeness (QED) is 0.217. The maximum Gasteiger partial charge on any atom is 0.334 e. The van der Waals surface area contributed by atoms with E-state index in [2.05, 4.69) is 39.0 Å². The summed E-state index contributed by atoms with van der Waals surface area (Å²) in [7, 11) is 1.68. The van der Waals surface area contributed by atoms with Gasteiger partial charge in [0, 0.05) is 20.1 Å². The Hall–Kier alpha value is -1.92. The standard InChI is InChI=1S/C25H41NO5/c1-8-20-11-10-19(15-22(20)30-13-9-12-29-7)14-21(18(2)3)16-25(26,17-27)23(28)31-24(4,5)6/h10-11,15,17-18,21H,8-9,12-14,16,26H2,1-7H3/t21-,25-/m0/s1. The van der Waals surface area contributed by atoms with E-state index in [1.54, 1.807) is 27.9 Å². The number of hydrogen-bond donors (Lipinski definition) is 1. The van der Waals surface area contributed by atoms with Crippen LogP contribution in [-0.4, -0.2) is 43.7 Å². The van der Waals surface area contributed by atoms with Crippen molar-refractivity contribution in [2.45, 2.75) is 78.4 Å². The summed E-state index contributed by atoms with van der Waals surface area (Å²) in [6.45, 7) is 12.8. The van der Waals surface area contributed by atoms with Crippen molar-refractivity contribution in [2.24, 2.45) is 17.6 Å². The van der Waals surface area contributed by atoms with Gasteiger partial charge in [-0.15, -0.1) is 0 Å². The number of rotatable bonds is 13. The molecule has 0 spiro atoms. The van der Waals surface area contributed by atoms with E-state index < -0.39 is 17.1 Å². The molecule has 0 heterocycles. The molecule has 1 rings (SSSR count). The van der Waals surface area contributed by atoms with Crippen LogP contribution >= 0.6 is 0 Å². The zero-order valence-corrected chi connectivity index (χ0v) is 20.3. The third-order valence-electron chi connectivity index (χ3n) is 5.29. The van der Waals surface area contributed by atoms with Crippen molar-refractivity contribution in [3.63, 3.8) is 0 Å². The second kappa shape index (κ2) is 12.2. The molecule has 2 N–H and O–H groups in total. The summed E-state index contributed by atoms with van der Waals surface area (Å²) in [6, 6.07) is 6.23. The van der Waals surface area contributed by atoms with E-state index in [0.29, 0.717) is 25.9 Å². The number of ether oxygens (including phenoxy) is 3. The summed E-state index contributed by atoms with van der Waals surface area (Å²) in [4.78, 5) is 24.4. The van der Waals surface area contributed by atoms with Crippen LogP contribution in [0.1, 0.15) is 65.5 Å². The highest BCUT2D eigenvalue weighted by atomic mass is 16.6. The number of benzene rings is 1. The second-order valence-electron chi connectivity index (χ2n) is 9.56. The van der Waals surface area contributed by atoms with Crippen molar-refractivity contribution < 1.29 is 23.8 Å². The Morgan fingerprint density at radius 1 is 1.19 bits per heavy atom. The third kappa shape index (κ3) is 8.99. The van der Waals surface area contributed by atoms with E-state index in [4.69, 9.17) is 19.9 Å². The molecule has 6 heteroatoms. The van der Waals surface area contributed by atoms with Crippen LogP contribution in [-0.2, 0) is 31.9 Å². The molecule has 6 nitrogen and oxygen atoms in total. The predicted octanol–water partition coefficient (Wildman–Crippen LogP) is 4.11. The number of carbonyl (C=O) groups excluding carboxylic acids is 2. The first-order valence-corrected chi connectivity index (χ1v) is 11.2. The van der Waals surface area contributed by atoms with E-state index in [1.807, 2.05) is 0 Å². The van der Waals surface area contributed by atoms with Crippen LogP contribution in [0.5, 0.6) is 5.75 Å². The fourth-order valence-corrected chi connectivity index (χ4v) is 3.37. The molecular weight excluding hydrogens is 394 g/mol. The topological polar surface area (TPSA) is 87.9 Å². The number of hydrogen-bond acceptors (Lipinski definition) is 6. The van der Waals surface area contributed by atoms with Crippen LogP contribution in [0, 0.1) is 11.8 Å². The van der Waals surface area contributed by atoms with Gasteiger partial charge in [-0.3, -0.25) is 0 Å². The lowest BCUT2D eigenvalue weighted by atomic mass is 9.79. The molecule has 31 heavy (non-hydrogen) atoms. The summed E-state index contributed by atoms with van der Waals surface area (Å²) in [5, 5.41) is 0. The third-order valence-corrected chi connectivity index (χ3v) is 5.29. The van der Waals surface area contributed by atoms with Crippen LogP contribution in [0.3, 0.4) is 0 Å². The van der Waals surface area contributed by atoms with E-state index >= 15 is 0 Å². The van der Waals surface area contributed by atoms with Crippen LogP contribution < -0.4 is 10.5 Å². The molecule has 0 aliphatic carbocycles. The summed E-state index contributed by atoms with van der Waals surface area (Å²) in [5.41, 5.74) is 6.11. The van der Waals surface area contributed by atoms with E-state index in [-0.39, 0.29) is 18.3 Å². The highest BCUT2D eigenvalue weighted by Crippen LogP contribution is 2.29. The number of methoxy groups -OCH3 is 1. The highest BCUT2D eigenvalue weighted by molar-refractivity contribution is 5.98. The molecule has 0 aliphatic rings. The number of aldehydes is 1. The fraction of sp³-hybridized carbons (Fsp3) is 0.680. The molecule has 0 saturated carbocycles. The normalized spacial score (nSPS) is 14.7. The Kier molecular flexibility index (Phi) is 10.7. The average molecular weight is 436 g/mol. The first kappa shape index (κ1) is 27.1. The maximum absolute atomic E-state index is 12.6. The molecule has 0 aliphatic heterocycles. The van der Waals surface area contributed by atoms with Crippen molar-refractivity contribution in [3.8, 4) is 5.75 Å². The van der Waals surface area contributed by atoms with Gasteiger partial charge in [0.05, 0.1) is 6.61 Å². The summed E-state index contributed by atoms with van der Waals surface area (Å²) >= 11 is 0. The largest absolute Gasteiger partial charge is 0.493 e. The Labute approximate surface area is 187 Å². The zero-order valence-electron chi connectivity index (χ0n) is 20.3. The maximum atomic E-state index is 12.6. The van der Waals surface area contributed by atoms with Gasteiger partial charge in [0.15, 0.2) is 11.8 Å². The molecule has 176 valence electrons. The predicted molar refractivity (Wildman–Crippen MR) is 123 cm³/mol. The minimum absolute atomic E-state index is 0.0246. The van der Waals surface area contributed by atoms with Crippen LogP contribution in [0.25, 0.3) is 0 Å². The van der Waals surface area contributed by atoms with E-state index in [0.717, 1.165) is 29.7 Å². The highest BCUT2D eigenvalue weighted by Gasteiger charge is 2.40. The molecule has 0 aromatic heterocycles. The van der Waals surface area contributed by atoms with Gasteiger partial charge < -0.3 is 24.7 Å². The Morgan fingerprint density at radius 2 is 1.87 bits per heavy atom. The number of aryl methyl sites for hydroxylation is 1. The Bertz CT molecular complexity index is 710. The second-order valence-corrected chi connectivity index (χ2v) is 9.56. The molecular formula is C25H41NO5. The van der Waals surface area contributed by atoms with Crippen LogP contribution in [0.2, 0.25) is 0 Å². The van der Waals surface area contributed by atoms with Gasteiger partial charge in [0.25, 0.3) is 0 Å². The van der Waals surface area contributed by atoms with Gasteiger partial charge >= 0.3 is 5.97 Å². The lowest BCUT2D eigenvalue weighted by molar-refractivity contribution is -0.163. The Morgan fingerprint density at radius 3 is 2.39 bits per heavy atom. The minimum atomic E-state index is -1.66. The number of esters is 1. The number of nitrogens with two attached hydrogens (primary N) is 1. The van der Waals surface area contributed by atoms with Crippen molar-refractivity contribution in [1.82, 2.24) is 0 Å². The summed E-state index contributed by atoms with van der Waals surface area (Å²) in [6.07, 6.45) is 3.14. The molecule has 1 aromatic rings. The van der Waals surface area contributed by atoms with Gasteiger partial charge in [-0.25, -0.2) is 4.79 Å². The molecule has 2 atom stereocenters. The molecule has 0 unspecified atom stereocenters. The zero-order chi connectivity index (χ0) is 23.7. The van der Waals surface area contributed by atoms with Crippen molar-refractivity contribution in [1.29, 1.82) is 0 Å². The smallest absolute Gasteiger partial charge is 0.334 e. The van der Waals surface area contributed by atoms with Gasteiger partial charge in [0.2, 0.25) is 0 Å². The SMILES string of the molecule is CCc1ccc(C[C@@H](C[C@](N)(C=O)C(=O)OC(C)(C)C)C(C)C)cc1OCCCOC. The van der Waals surface area contributed by atoms with Crippen LogP contribution in [0.15, 0.2) is 18.2 Å². The van der Waals surface area contributed by atoms with E-state index in [1.165, 1.54) is 0 Å². The lowest BCUT2D eigenvalue weighted by Crippen LogP contribution is -2.54. The fourth-order valence-electron chi connectivity index (χ4n) is 3.37. The van der Waals surface area contributed by atoms with Crippen molar-refractivity contribution in [3.05, 3.63) is 29.3 Å². The monoisotopic (exact) mass is 435 g/mol. The van der Waals surface area contributed by atoms with Gasteiger partial charge in [-0.1, -0.05) is 32.9 Å². The Balaban J connectivity index is 3.01. The van der Waals surface area contributed by atoms with Crippen LogP contribution in [0.4, 0.5) is 0 Å². The van der Waals surface area contributed by atoms with Gasteiger partial charge in [-0.2, -0.15) is 0 Å². The summed E-state index contributed by atoms with van der Waals surface area (Å²) in [5.74, 6) is 0.447. The van der Waals surface area contributed by atoms with Gasteiger partial charge in [-0.05, 0) is 69.1 Å². The molecule has 0 radical (unpaired) electrons. The van der Waals surface area contributed by atoms with Crippen molar-refractivity contribution in [2.75, 3.05) is 20.3 Å².